The zero-order chi connectivity index (χ0) is 38.1. The highest BCUT2D eigenvalue weighted by molar-refractivity contribution is 6.13. The Morgan fingerprint density at radius 3 is 1.51 bits per heavy atom. The maximum absolute atomic E-state index is 10.2. The smallest absolute Gasteiger partial charge is 0.164 e. The van der Waals surface area contributed by atoms with Crippen LogP contribution >= 0.6 is 0 Å². The summed E-state index contributed by atoms with van der Waals surface area (Å²) in [5.74, 6) is 1.63. The first kappa shape index (κ1) is 33.6. The Kier molecular flexibility index (Phi) is 8.48. The third-order valence-corrected chi connectivity index (χ3v) is 10.4. The topological polar surface area (TPSA) is 75.6 Å². The average Bonchev–Trinajstić information content (AvgIpc) is 3.68. The Morgan fingerprint density at radius 1 is 0.351 bits per heavy atom. The minimum atomic E-state index is 0.533. The third-order valence-electron chi connectivity index (χ3n) is 10.4. The molecule has 2 heterocycles. The van der Waals surface area contributed by atoms with Gasteiger partial charge in [0, 0.05) is 27.5 Å². The van der Waals surface area contributed by atoms with Crippen molar-refractivity contribution in [2.24, 2.45) is 0 Å². The quantitative estimate of drug-likeness (QED) is 0.163. The monoisotopic (exact) mass is 728 g/mol. The van der Waals surface area contributed by atoms with Crippen LogP contribution in [0.5, 0.6) is 0 Å². The fourth-order valence-corrected chi connectivity index (χ4v) is 7.58. The van der Waals surface area contributed by atoms with Gasteiger partial charge in [0.25, 0.3) is 0 Å². The number of furan rings is 1. The van der Waals surface area contributed by atoms with E-state index in [1.54, 1.807) is 0 Å². The van der Waals surface area contributed by atoms with Crippen LogP contribution < -0.4 is 0 Å². The van der Waals surface area contributed by atoms with E-state index in [9.17, 15) is 5.26 Å². The predicted octanol–water partition coefficient (Wildman–Crippen LogP) is 13.3. The van der Waals surface area contributed by atoms with Crippen LogP contribution in [0.2, 0.25) is 0 Å². The third kappa shape index (κ3) is 6.42. The van der Waals surface area contributed by atoms with Crippen molar-refractivity contribution < 1.29 is 4.42 Å². The summed E-state index contributed by atoms with van der Waals surface area (Å²) in [5, 5.41) is 12.3. The van der Waals surface area contributed by atoms with Crippen molar-refractivity contribution in [3.05, 3.63) is 200 Å². The fourth-order valence-electron chi connectivity index (χ4n) is 7.58. The number of rotatable bonds is 7. The van der Waals surface area contributed by atoms with E-state index in [1.165, 1.54) is 5.56 Å². The number of nitrogens with zero attached hydrogens (tertiary/aromatic N) is 4. The van der Waals surface area contributed by atoms with Gasteiger partial charge in [-0.3, -0.25) is 0 Å². The molecule has 0 saturated carbocycles. The Bertz CT molecular complexity index is 3130. The number of hydrogen-bond donors (Lipinski definition) is 0. The highest BCUT2D eigenvalue weighted by Crippen LogP contribution is 2.39. The van der Waals surface area contributed by atoms with Crippen LogP contribution in [-0.2, 0) is 0 Å². The summed E-state index contributed by atoms with van der Waals surface area (Å²) in [6.45, 7) is 0. The first-order valence-electron chi connectivity index (χ1n) is 18.8. The van der Waals surface area contributed by atoms with Crippen molar-refractivity contribution in [2.75, 3.05) is 0 Å². The molecule has 8 aromatic carbocycles. The van der Waals surface area contributed by atoms with Crippen LogP contribution in [-0.4, -0.2) is 15.0 Å². The largest absolute Gasteiger partial charge is 0.456 e. The minimum Gasteiger partial charge on any atom is -0.456 e. The Balaban J connectivity index is 1.07. The molecule has 0 saturated heterocycles. The molecule has 0 atom stereocenters. The summed E-state index contributed by atoms with van der Waals surface area (Å²) < 4.78 is 6.55. The van der Waals surface area contributed by atoms with Gasteiger partial charge in [0.05, 0.1) is 11.6 Å². The van der Waals surface area contributed by atoms with Crippen LogP contribution in [0.15, 0.2) is 199 Å². The van der Waals surface area contributed by atoms with Crippen LogP contribution in [0.4, 0.5) is 0 Å². The highest BCUT2D eigenvalue weighted by Gasteiger charge is 2.18. The van der Waals surface area contributed by atoms with E-state index < -0.39 is 0 Å². The van der Waals surface area contributed by atoms with Gasteiger partial charge in [0.2, 0.25) is 0 Å². The van der Waals surface area contributed by atoms with Crippen molar-refractivity contribution in [1.82, 2.24) is 15.0 Å². The lowest BCUT2D eigenvalue weighted by Crippen LogP contribution is -2.00. The fraction of sp³-hybridized carbons (Fsp3) is 0. The molecule has 0 aliphatic rings. The molecular formula is C52H32N4O. The van der Waals surface area contributed by atoms with Gasteiger partial charge in [0.1, 0.15) is 11.2 Å². The Labute approximate surface area is 329 Å². The zero-order valence-corrected chi connectivity index (χ0v) is 30.7. The maximum Gasteiger partial charge on any atom is 0.164 e. The van der Waals surface area contributed by atoms with E-state index in [-0.39, 0.29) is 0 Å². The van der Waals surface area contributed by atoms with Gasteiger partial charge in [-0.2, -0.15) is 5.26 Å². The highest BCUT2D eigenvalue weighted by atomic mass is 16.3. The van der Waals surface area contributed by atoms with Gasteiger partial charge in [-0.05, 0) is 80.9 Å². The summed E-state index contributed by atoms with van der Waals surface area (Å²) >= 11 is 0. The number of nitriles is 1. The number of hydrogen-bond acceptors (Lipinski definition) is 5. The SMILES string of the molecule is N#Cc1cc(-c2ccccc2)ccc1-c1cccc(-c2nc(-c3ccccc3)nc(-c3ccc4c(c3)oc3cccc(-c5cccc(-c6ccccc6)c5)c34)n2)c1. The van der Waals surface area contributed by atoms with E-state index >= 15 is 0 Å². The molecule has 5 nitrogen and oxygen atoms in total. The molecule has 0 spiro atoms. The molecule has 0 fully saturated rings. The number of benzene rings is 8. The van der Waals surface area contributed by atoms with Crippen molar-refractivity contribution in [3.63, 3.8) is 0 Å². The van der Waals surface area contributed by atoms with Crippen LogP contribution in [0.3, 0.4) is 0 Å². The molecule has 0 aliphatic carbocycles. The molecule has 0 aliphatic heterocycles. The molecule has 0 unspecified atom stereocenters. The summed E-state index contributed by atoms with van der Waals surface area (Å²) in [7, 11) is 0. The second-order valence-electron chi connectivity index (χ2n) is 13.9. The summed E-state index contributed by atoms with van der Waals surface area (Å²) in [6.07, 6.45) is 0. The van der Waals surface area contributed by atoms with Crippen molar-refractivity contribution in [3.8, 4) is 84.7 Å². The molecule has 0 radical (unpaired) electrons. The van der Waals surface area contributed by atoms with Crippen LogP contribution in [0.25, 0.3) is 101 Å². The Hall–Kier alpha value is -7.94. The molecule has 2 aromatic heterocycles. The molecule has 0 bridgehead atoms. The molecule has 10 aromatic rings. The first-order valence-corrected chi connectivity index (χ1v) is 18.8. The lowest BCUT2D eigenvalue weighted by Gasteiger charge is -2.11. The molecular weight excluding hydrogens is 697 g/mol. The second kappa shape index (κ2) is 14.4. The Morgan fingerprint density at radius 2 is 0.842 bits per heavy atom. The molecule has 266 valence electrons. The predicted molar refractivity (Wildman–Crippen MR) is 230 cm³/mol. The van der Waals surface area contributed by atoms with E-state index in [0.29, 0.717) is 23.0 Å². The van der Waals surface area contributed by atoms with Gasteiger partial charge in [-0.25, -0.2) is 15.0 Å². The van der Waals surface area contributed by atoms with Gasteiger partial charge in [-0.15, -0.1) is 0 Å². The van der Waals surface area contributed by atoms with Gasteiger partial charge >= 0.3 is 0 Å². The molecule has 10 rings (SSSR count). The van der Waals surface area contributed by atoms with E-state index in [4.69, 9.17) is 19.4 Å². The van der Waals surface area contributed by atoms with E-state index in [0.717, 1.165) is 77.6 Å². The van der Waals surface area contributed by atoms with Gasteiger partial charge < -0.3 is 4.42 Å². The van der Waals surface area contributed by atoms with Crippen molar-refractivity contribution >= 4 is 21.9 Å². The van der Waals surface area contributed by atoms with E-state index in [2.05, 4.69) is 91.0 Å². The normalized spacial score (nSPS) is 11.1. The lowest BCUT2D eigenvalue weighted by molar-refractivity contribution is 0.669. The van der Waals surface area contributed by atoms with E-state index in [1.807, 2.05) is 109 Å². The van der Waals surface area contributed by atoms with Crippen molar-refractivity contribution in [2.45, 2.75) is 0 Å². The standard InChI is InChI=1S/C52H32N4O/c53-33-43-30-38(35-15-6-2-7-16-35)25-27-44(43)39-20-11-22-41(31-39)51-54-50(36-17-8-3-9-18-36)55-52(56-51)42-26-28-46-48(32-42)57-47-24-12-23-45(49(46)47)40-21-10-19-37(29-40)34-13-4-1-5-14-34/h1-32H. The van der Waals surface area contributed by atoms with Gasteiger partial charge in [0.15, 0.2) is 17.5 Å². The molecule has 57 heavy (non-hydrogen) atoms. The zero-order valence-electron chi connectivity index (χ0n) is 30.7. The number of fused-ring (bicyclic) bond motifs is 3. The molecule has 0 amide bonds. The lowest BCUT2D eigenvalue weighted by atomic mass is 9.94. The number of aromatic nitrogens is 3. The molecule has 0 N–H and O–H groups in total. The second-order valence-corrected chi connectivity index (χ2v) is 13.9. The summed E-state index contributed by atoms with van der Waals surface area (Å²) in [6, 6.07) is 68.1. The summed E-state index contributed by atoms with van der Waals surface area (Å²) in [4.78, 5) is 15.1. The molecule has 5 heteroatoms. The maximum atomic E-state index is 10.2. The first-order chi connectivity index (χ1) is 28.2. The average molecular weight is 729 g/mol. The van der Waals surface area contributed by atoms with Crippen LogP contribution in [0, 0.1) is 11.3 Å². The van der Waals surface area contributed by atoms with Crippen LogP contribution in [0.1, 0.15) is 5.56 Å². The van der Waals surface area contributed by atoms with Gasteiger partial charge in [-0.1, -0.05) is 158 Å². The summed E-state index contributed by atoms with van der Waals surface area (Å²) in [5.41, 5.74) is 13.1. The van der Waals surface area contributed by atoms with Crippen molar-refractivity contribution in [1.29, 1.82) is 5.26 Å². The minimum absolute atomic E-state index is 0.533.